The third kappa shape index (κ3) is 3.31. The number of pyridine rings is 1. The molecule has 25 heavy (non-hydrogen) atoms. The highest BCUT2D eigenvalue weighted by Crippen LogP contribution is 2.28. The van der Waals surface area contributed by atoms with E-state index in [1.807, 2.05) is 23.2 Å². The summed E-state index contributed by atoms with van der Waals surface area (Å²) >= 11 is 0. The molecule has 2 aromatic rings. The van der Waals surface area contributed by atoms with Crippen molar-refractivity contribution in [1.29, 1.82) is 0 Å². The van der Waals surface area contributed by atoms with Crippen LogP contribution in [0.4, 0.5) is 0 Å². The van der Waals surface area contributed by atoms with Crippen LogP contribution in [0.1, 0.15) is 40.8 Å². The van der Waals surface area contributed by atoms with Crippen LogP contribution in [-0.2, 0) is 11.3 Å². The molecule has 0 radical (unpaired) electrons. The first-order chi connectivity index (χ1) is 12.2. The highest BCUT2D eigenvalue weighted by Gasteiger charge is 2.33. The second-order valence-electron chi connectivity index (χ2n) is 7.05. The van der Waals surface area contributed by atoms with E-state index >= 15 is 0 Å². The topological polar surface area (TPSA) is 60.2 Å². The lowest BCUT2D eigenvalue weighted by molar-refractivity contribution is 0.0454. The molecular formula is C19H24N4O2. The molecule has 0 N–H and O–H groups in total. The number of hydrogen-bond donors (Lipinski definition) is 0. The van der Waals surface area contributed by atoms with E-state index in [1.54, 1.807) is 12.3 Å². The molecule has 4 heterocycles. The number of hydrogen-bond acceptors (Lipinski definition) is 4. The fourth-order valence-corrected chi connectivity index (χ4v) is 3.76. The molecule has 6 heteroatoms. The second-order valence-corrected chi connectivity index (χ2v) is 7.05. The maximum absolute atomic E-state index is 12.4. The third-order valence-electron chi connectivity index (χ3n) is 5.24. The van der Waals surface area contributed by atoms with E-state index in [9.17, 15) is 4.79 Å². The number of aromatic nitrogens is 3. The summed E-state index contributed by atoms with van der Waals surface area (Å²) in [6.45, 7) is 6.29. The largest absolute Gasteiger partial charge is 0.381 e. The third-order valence-corrected chi connectivity index (χ3v) is 5.24. The van der Waals surface area contributed by atoms with Crippen LogP contribution in [0.3, 0.4) is 0 Å². The molecule has 2 saturated heterocycles. The van der Waals surface area contributed by atoms with Crippen molar-refractivity contribution in [3.8, 4) is 0 Å². The van der Waals surface area contributed by atoms with Crippen molar-refractivity contribution >= 4 is 5.91 Å². The fourth-order valence-electron chi connectivity index (χ4n) is 3.76. The quantitative estimate of drug-likeness (QED) is 0.856. The van der Waals surface area contributed by atoms with E-state index in [0.717, 1.165) is 45.7 Å². The van der Waals surface area contributed by atoms with E-state index in [0.29, 0.717) is 17.5 Å². The Morgan fingerprint density at radius 2 is 2.04 bits per heavy atom. The monoisotopic (exact) mass is 340 g/mol. The molecule has 0 aliphatic carbocycles. The molecular weight excluding hydrogens is 316 g/mol. The Morgan fingerprint density at radius 3 is 2.76 bits per heavy atom. The average molecular weight is 340 g/mol. The first-order valence-corrected chi connectivity index (χ1v) is 9.02. The van der Waals surface area contributed by atoms with Gasteiger partial charge in [-0.1, -0.05) is 6.07 Å². The van der Waals surface area contributed by atoms with Crippen molar-refractivity contribution in [2.24, 2.45) is 5.92 Å². The van der Waals surface area contributed by atoms with Gasteiger partial charge in [0.05, 0.1) is 0 Å². The molecule has 6 nitrogen and oxygen atoms in total. The number of ether oxygens (including phenoxy) is 1. The van der Waals surface area contributed by atoms with Crippen LogP contribution in [0.25, 0.3) is 0 Å². The number of carbonyl (C=O) groups is 1. The van der Waals surface area contributed by atoms with Crippen molar-refractivity contribution in [1.82, 2.24) is 19.4 Å². The summed E-state index contributed by atoms with van der Waals surface area (Å²) in [5.41, 5.74) is 1.73. The lowest BCUT2D eigenvalue weighted by atomic mass is 9.97. The molecule has 0 atom stereocenters. The molecule has 0 bridgehead atoms. The Labute approximate surface area is 147 Å². The molecule has 2 aliphatic rings. The molecule has 0 saturated carbocycles. The molecule has 2 aromatic heterocycles. The van der Waals surface area contributed by atoms with Gasteiger partial charge in [0.2, 0.25) is 0 Å². The minimum Gasteiger partial charge on any atom is -0.381 e. The van der Waals surface area contributed by atoms with E-state index in [2.05, 4.69) is 21.5 Å². The Bertz CT molecular complexity index is 731. The zero-order valence-corrected chi connectivity index (χ0v) is 14.6. The van der Waals surface area contributed by atoms with E-state index in [1.165, 1.54) is 11.5 Å². The number of rotatable bonds is 4. The minimum absolute atomic E-state index is 0.0313. The van der Waals surface area contributed by atoms with Crippen LogP contribution in [-0.4, -0.2) is 51.6 Å². The molecule has 0 unspecified atom stereocenters. The van der Waals surface area contributed by atoms with Crippen LogP contribution in [0.5, 0.6) is 0 Å². The van der Waals surface area contributed by atoms with Gasteiger partial charge in [0, 0.05) is 62.8 Å². The van der Waals surface area contributed by atoms with E-state index in [-0.39, 0.29) is 5.91 Å². The highest BCUT2D eigenvalue weighted by atomic mass is 16.5. The number of likely N-dealkylation sites (tertiary alicyclic amines) is 1. The van der Waals surface area contributed by atoms with Crippen LogP contribution < -0.4 is 0 Å². The molecule has 2 aliphatic heterocycles. The van der Waals surface area contributed by atoms with E-state index in [4.69, 9.17) is 4.74 Å². The molecule has 0 aromatic carbocycles. The number of amides is 1. The van der Waals surface area contributed by atoms with Crippen LogP contribution in [0.2, 0.25) is 0 Å². The Hall–Kier alpha value is -2.21. The van der Waals surface area contributed by atoms with Crippen LogP contribution >= 0.6 is 0 Å². The van der Waals surface area contributed by atoms with Crippen molar-refractivity contribution in [2.45, 2.75) is 32.2 Å². The van der Waals surface area contributed by atoms with Crippen molar-refractivity contribution in [3.05, 3.63) is 47.8 Å². The number of imidazole rings is 1. The summed E-state index contributed by atoms with van der Waals surface area (Å²) in [5, 5.41) is 0. The van der Waals surface area contributed by atoms with Crippen LogP contribution in [0.15, 0.2) is 30.6 Å². The molecule has 4 rings (SSSR count). The summed E-state index contributed by atoms with van der Waals surface area (Å²) in [5.74, 6) is 2.20. The van der Waals surface area contributed by atoms with Gasteiger partial charge < -0.3 is 14.2 Å². The highest BCUT2D eigenvalue weighted by molar-refractivity contribution is 5.92. The SMILES string of the molecule is Cc1cnc(C2CCOCC2)n1CC1CN(C(=O)c2ccccn2)C1. The lowest BCUT2D eigenvalue weighted by Gasteiger charge is -2.40. The van der Waals surface area contributed by atoms with Gasteiger partial charge in [0.15, 0.2) is 0 Å². The van der Waals surface area contributed by atoms with Gasteiger partial charge in [-0.2, -0.15) is 0 Å². The normalized spacial score (nSPS) is 19.0. The Balaban J connectivity index is 1.38. The maximum atomic E-state index is 12.4. The molecule has 2 fully saturated rings. The Morgan fingerprint density at radius 1 is 1.24 bits per heavy atom. The Kier molecular flexibility index (Phi) is 4.53. The average Bonchev–Trinajstić information content (AvgIpc) is 2.99. The minimum atomic E-state index is 0.0313. The van der Waals surface area contributed by atoms with Crippen molar-refractivity contribution in [2.75, 3.05) is 26.3 Å². The van der Waals surface area contributed by atoms with Crippen molar-refractivity contribution in [3.63, 3.8) is 0 Å². The van der Waals surface area contributed by atoms with Gasteiger partial charge in [0.25, 0.3) is 5.91 Å². The smallest absolute Gasteiger partial charge is 0.272 e. The van der Waals surface area contributed by atoms with Crippen molar-refractivity contribution < 1.29 is 9.53 Å². The van der Waals surface area contributed by atoms with Gasteiger partial charge in [0.1, 0.15) is 11.5 Å². The lowest BCUT2D eigenvalue weighted by Crippen LogP contribution is -2.51. The number of aryl methyl sites for hydroxylation is 1. The van der Waals surface area contributed by atoms with Crippen LogP contribution in [0, 0.1) is 12.8 Å². The molecule has 1 amide bonds. The summed E-state index contributed by atoms with van der Waals surface area (Å²) in [7, 11) is 0. The van der Waals surface area contributed by atoms with Gasteiger partial charge in [-0.15, -0.1) is 0 Å². The summed E-state index contributed by atoms with van der Waals surface area (Å²) < 4.78 is 7.83. The fraction of sp³-hybridized carbons (Fsp3) is 0.526. The van der Waals surface area contributed by atoms with Gasteiger partial charge in [-0.3, -0.25) is 9.78 Å². The second kappa shape index (κ2) is 6.96. The predicted molar refractivity (Wildman–Crippen MR) is 93.4 cm³/mol. The van der Waals surface area contributed by atoms with E-state index < -0.39 is 0 Å². The van der Waals surface area contributed by atoms with Gasteiger partial charge >= 0.3 is 0 Å². The first-order valence-electron chi connectivity index (χ1n) is 9.02. The summed E-state index contributed by atoms with van der Waals surface area (Å²) in [6, 6.07) is 5.46. The summed E-state index contributed by atoms with van der Waals surface area (Å²) in [6.07, 6.45) is 5.73. The van der Waals surface area contributed by atoms with Gasteiger partial charge in [-0.05, 0) is 31.9 Å². The summed E-state index contributed by atoms with van der Waals surface area (Å²) in [4.78, 5) is 23.1. The standard InChI is InChI=1S/C19H24N4O2/c1-14-10-21-18(16-5-8-25-9-6-16)23(14)13-15-11-22(12-15)19(24)17-4-2-3-7-20-17/h2-4,7,10,15-16H,5-6,8-9,11-13H2,1H3. The zero-order chi connectivity index (χ0) is 17.2. The first kappa shape index (κ1) is 16.3. The number of carbonyl (C=O) groups excluding carboxylic acids is 1. The number of nitrogens with zero attached hydrogens (tertiary/aromatic N) is 4. The molecule has 132 valence electrons. The molecule has 0 spiro atoms. The van der Waals surface area contributed by atoms with Gasteiger partial charge in [-0.25, -0.2) is 4.98 Å². The predicted octanol–water partition coefficient (Wildman–Crippen LogP) is 2.25. The zero-order valence-electron chi connectivity index (χ0n) is 14.6. The maximum Gasteiger partial charge on any atom is 0.272 e.